The number of nitrogens with zero attached hydrogens (tertiary/aromatic N) is 2. The molecule has 0 atom stereocenters. The molecule has 5 rings (SSSR count). The number of para-hydroxylation sites is 1. The first-order valence-corrected chi connectivity index (χ1v) is 9.93. The number of hydrogen-bond donors (Lipinski definition) is 1. The molecule has 0 saturated carbocycles. The maximum Gasteiger partial charge on any atom is 0.265 e. The predicted molar refractivity (Wildman–Crippen MR) is 110 cm³/mol. The van der Waals surface area contributed by atoms with Crippen LogP contribution in [0.15, 0.2) is 59.1 Å². The van der Waals surface area contributed by atoms with E-state index in [-0.39, 0.29) is 5.91 Å². The van der Waals surface area contributed by atoms with Crippen LogP contribution in [0.4, 0.5) is 5.69 Å². The zero-order chi connectivity index (χ0) is 19.1. The molecule has 28 heavy (non-hydrogen) atoms. The van der Waals surface area contributed by atoms with Gasteiger partial charge in [-0.15, -0.1) is 11.3 Å². The lowest BCUT2D eigenvalue weighted by Crippen LogP contribution is -2.11. The third-order valence-electron chi connectivity index (χ3n) is 4.90. The number of rotatable bonds is 3. The molecule has 0 bridgehead atoms. The van der Waals surface area contributed by atoms with Crippen LogP contribution in [0.1, 0.15) is 26.7 Å². The standard InChI is InChI=1S/C22H17N3O2S/c1-13-23-21(25-27-13)17-8-4-5-9-18(17)24-22(26)19-12-15-11-10-14-6-2-3-7-16(14)20(15)28-19/h2-9,12H,10-11H2,1H3,(H,24,26). The summed E-state index contributed by atoms with van der Waals surface area (Å²) in [7, 11) is 0. The number of nitrogens with one attached hydrogen (secondary N) is 1. The molecule has 0 fully saturated rings. The summed E-state index contributed by atoms with van der Waals surface area (Å²) in [5.41, 5.74) is 5.24. The summed E-state index contributed by atoms with van der Waals surface area (Å²) in [4.78, 5) is 19.2. The van der Waals surface area contributed by atoms with E-state index in [1.54, 1.807) is 18.3 Å². The van der Waals surface area contributed by atoms with Gasteiger partial charge in [-0.1, -0.05) is 41.6 Å². The van der Waals surface area contributed by atoms with E-state index in [1.165, 1.54) is 21.6 Å². The minimum atomic E-state index is -0.121. The third-order valence-corrected chi connectivity index (χ3v) is 6.11. The molecule has 6 heteroatoms. The summed E-state index contributed by atoms with van der Waals surface area (Å²) in [5.74, 6) is 0.832. The summed E-state index contributed by atoms with van der Waals surface area (Å²) in [6, 6.07) is 17.9. The molecule has 138 valence electrons. The smallest absolute Gasteiger partial charge is 0.265 e. The topological polar surface area (TPSA) is 68.0 Å². The fourth-order valence-electron chi connectivity index (χ4n) is 3.56. The highest BCUT2D eigenvalue weighted by atomic mass is 32.1. The van der Waals surface area contributed by atoms with Crippen LogP contribution >= 0.6 is 11.3 Å². The van der Waals surface area contributed by atoms with Crippen molar-refractivity contribution in [1.82, 2.24) is 10.1 Å². The summed E-state index contributed by atoms with van der Waals surface area (Å²) < 4.78 is 5.08. The minimum absolute atomic E-state index is 0.121. The summed E-state index contributed by atoms with van der Waals surface area (Å²) in [5, 5.41) is 6.99. The second kappa shape index (κ2) is 6.73. The number of hydrogen-bond acceptors (Lipinski definition) is 5. The van der Waals surface area contributed by atoms with Crippen molar-refractivity contribution in [3.8, 4) is 21.8 Å². The fourth-order valence-corrected chi connectivity index (χ4v) is 4.73. The Bertz CT molecular complexity index is 1190. The van der Waals surface area contributed by atoms with Crippen LogP contribution in [0.2, 0.25) is 0 Å². The minimum Gasteiger partial charge on any atom is -0.339 e. The third kappa shape index (κ3) is 2.92. The lowest BCUT2D eigenvalue weighted by molar-refractivity contribution is 0.103. The van der Waals surface area contributed by atoms with Crippen molar-refractivity contribution in [2.75, 3.05) is 5.32 Å². The number of anilines is 1. The molecule has 2 heterocycles. The van der Waals surface area contributed by atoms with Gasteiger partial charge in [0.2, 0.25) is 11.7 Å². The van der Waals surface area contributed by atoms with Crippen molar-refractivity contribution in [2.45, 2.75) is 19.8 Å². The molecule has 1 aliphatic rings. The average molecular weight is 387 g/mol. The SMILES string of the molecule is Cc1nc(-c2ccccc2NC(=O)c2cc3c(s2)-c2ccccc2CC3)no1. The van der Waals surface area contributed by atoms with Crippen molar-refractivity contribution < 1.29 is 9.32 Å². The zero-order valence-corrected chi connectivity index (χ0v) is 16.0. The van der Waals surface area contributed by atoms with Crippen LogP contribution in [0.5, 0.6) is 0 Å². The highest BCUT2D eigenvalue weighted by Crippen LogP contribution is 2.39. The van der Waals surface area contributed by atoms with Crippen molar-refractivity contribution in [2.24, 2.45) is 0 Å². The van der Waals surface area contributed by atoms with Crippen LogP contribution in [0, 0.1) is 6.92 Å². The number of aryl methyl sites for hydroxylation is 3. The molecule has 0 unspecified atom stereocenters. The van der Waals surface area contributed by atoms with E-state index in [4.69, 9.17) is 4.52 Å². The van der Waals surface area contributed by atoms with E-state index in [0.29, 0.717) is 22.3 Å². The van der Waals surface area contributed by atoms with Gasteiger partial charge in [0.05, 0.1) is 10.6 Å². The first kappa shape index (κ1) is 16.9. The van der Waals surface area contributed by atoms with Gasteiger partial charge in [-0.25, -0.2) is 0 Å². The van der Waals surface area contributed by atoms with Gasteiger partial charge in [-0.3, -0.25) is 4.79 Å². The second-order valence-corrected chi connectivity index (χ2v) is 7.81. The fraction of sp³-hybridized carbons (Fsp3) is 0.136. The van der Waals surface area contributed by atoms with Gasteiger partial charge in [0.15, 0.2) is 0 Å². The first-order valence-electron chi connectivity index (χ1n) is 9.11. The van der Waals surface area contributed by atoms with E-state index in [9.17, 15) is 4.79 Å². The predicted octanol–water partition coefficient (Wildman–Crippen LogP) is 5.12. The van der Waals surface area contributed by atoms with E-state index in [2.05, 4.69) is 39.7 Å². The van der Waals surface area contributed by atoms with Crippen LogP contribution < -0.4 is 5.32 Å². The average Bonchev–Trinajstić information content (AvgIpc) is 3.35. The largest absolute Gasteiger partial charge is 0.339 e. The van der Waals surface area contributed by atoms with Crippen molar-refractivity contribution >= 4 is 22.9 Å². The number of carbonyl (C=O) groups is 1. The maximum absolute atomic E-state index is 13.0. The Kier molecular flexibility index (Phi) is 4.06. The number of fused-ring (bicyclic) bond motifs is 3. The van der Waals surface area contributed by atoms with E-state index in [1.807, 2.05) is 30.3 Å². The Labute approximate surface area is 166 Å². The molecule has 1 amide bonds. The van der Waals surface area contributed by atoms with Gasteiger partial charge in [0, 0.05) is 17.4 Å². The number of thiophene rings is 1. The monoisotopic (exact) mass is 387 g/mol. The second-order valence-electron chi connectivity index (χ2n) is 6.76. The van der Waals surface area contributed by atoms with Crippen LogP contribution in [-0.4, -0.2) is 16.0 Å². The Morgan fingerprint density at radius 3 is 2.61 bits per heavy atom. The Morgan fingerprint density at radius 2 is 1.79 bits per heavy atom. The molecule has 0 aliphatic heterocycles. The van der Waals surface area contributed by atoms with Gasteiger partial charge in [-0.2, -0.15) is 4.98 Å². The highest BCUT2D eigenvalue weighted by molar-refractivity contribution is 7.17. The molecular formula is C22H17N3O2S. The van der Waals surface area contributed by atoms with Crippen LogP contribution in [0.3, 0.4) is 0 Å². The van der Waals surface area contributed by atoms with E-state index in [0.717, 1.165) is 18.4 Å². The molecule has 2 aromatic heterocycles. The van der Waals surface area contributed by atoms with Gasteiger partial charge in [0.25, 0.3) is 5.91 Å². The zero-order valence-electron chi connectivity index (χ0n) is 15.2. The Balaban J connectivity index is 1.46. The molecule has 1 aliphatic carbocycles. The number of aromatic nitrogens is 2. The molecule has 0 saturated heterocycles. The number of benzene rings is 2. The van der Waals surface area contributed by atoms with Gasteiger partial charge in [0.1, 0.15) is 0 Å². The molecule has 0 radical (unpaired) electrons. The summed E-state index contributed by atoms with van der Waals surface area (Å²) in [6.07, 6.45) is 1.98. The molecule has 1 N–H and O–H groups in total. The van der Waals surface area contributed by atoms with Crippen molar-refractivity contribution in [3.63, 3.8) is 0 Å². The highest BCUT2D eigenvalue weighted by Gasteiger charge is 2.22. The van der Waals surface area contributed by atoms with Crippen molar-refractivity contribution in [3.05, 3.63) is 76.5 Å². The Hall–Kier alpha value is -3.25. The van der Waals surface area contributed by atoms with Gasteiger partial charge >= 0.3 is 0 Å². The molecule has 0 spiro atoms. The lowest BCUT2D eigenvalue weighted by Gasteiger charge is -2.15. The van der Waals surface area contributed by atoms with Gasteiger partial charge < -0.3 is 9.84 Å². The summed E-state index contributed by atoms with van der Waals surface area (Å²) >= 11 is 1.55. The molecular weight excluding hydrogens is 370 g/mol. The van der Waals surface area contributed by atoms with E-state index < -0.39 is 0 Å². The molecule has 2 aromatic carbocycles. The van der Waals surface area contributed by atoms with Crippen LogP contribution in [-0.2, 0) is 12.8 Å². The molecule has 5 nitrogen and oxygen atoms in total. The van der Waals surface area contributed by atoms with Gasteiger partial charge in [-0.05, 0) is 47.7 Å². The normalized spacial score (nSPS) is 12.3. The lowest BCUT2D eigenvalue weighted by atomic mass is 9.91. The first-order chi connectivity index (χ1) is 13.7. The number of amides is 1. The van der Waals surface area contributed by atoms with Crippen LogP contribution in [0.25, 0.3) is 21.8 Å². The Morgan fingerprint density at radius 1 is 1.04 bits per heavy atom. The molecule has 4 aromatic rings. The quantitative estimate of drug-likeness (QED) is 0.529. The maximum atomic E-state index is 13.0. The number of carbonyl (C=O) groups excluding carboxylic acids is 1. The summed E-state index contributed by atoms with van der Waals surface area (Å²) in [6.45, 7) is 1.74. The van der Waals surface area contributed by atoms with E-state index >= 15 is 0 Å². The van der Waals surface area contributed by atoms with Crippen molar-refractivity contribution in [1.29, 1.82) is 0 Å².